The Bertz CT molecular complexity index is 319. The van der Waals surface area contributed by atoms with Crippen LogP contribution in [-0.2, 0) is 9.47 Å². The van der Waals surface area contributed by atoms with E-state index in [9.17, 15) is 0 Å². The van der Waals surface area contributed by atoms with Crippen molar-refractivity contribution in [1.29, 1.82) is 0 Å². The van der Waals surface area contributed by atoms with Crippen molar-refractivity contribution in [2.45, 2.75) is 25.8 Å². The quantitative estimate of drug-likeness (QED) is 0.376. The maximum atomic E-state index is 5.60. The molecule has 2 unspecified atom stereocenters. The van der Waals surface area contributed by atoms with Crippen molar-refractivity contribution in [2.75, 3.05) is 59.7 Å². The normalized spacial score (nSPS) is 24.6. The number of rotatable bonds is 6. The first-order valence-corrected chi connectivity index (χ1v) is 8.19. The molecule has 0 aromatic carbocycles. The summed E-state index contributed by atoms with van der Waals surface area (Å²) in [6, 6.07) is 0.497. The fourth-order valence-corrected chi connectivity index (χ4v) is 3.02. The molecule has 0 amide bonds. The lowest BCUT2D eigenvalue weighted by Gasteiger charge is -2.37. The van der Waals surface area contributed by atoms with E-state index in [0.717, 1.165) is 71.4 Å². The largest absolute Gasteiger partial charge is 0.381 e. The van der Waals surface area contributed by atoms with E-state index in [-0.39, 0.29) is 24.0 Å². The minimum Gasteiger partial charge on any atom is -0.381 e. The topological polar surface area (TPSA) is 58.1 Å². The van der Waals surface area contributed by atoms with E-state index in [0.29, 0.717) is 12.0 Å². The van der Waals surface area contributed by atoms with Crippen LogP contribution in [0.3, 0.4) is 0 Å². The Morgan fingerprint density at radius 1 is 1.23 bits per heavy atom. The van der Waals surface area contributed by atoms with Crippen LogP contribution in [0.15, 0.2) is 4.99 Å². The Balaban J connectivity index is 0.00000242. The molecule has 6 nitrogen and oxygen atoms in total. The van der Waals surface area contributed by atoms with Gasteiger partial charge in [0.25, 0.3) is 0 Å². The van der Waals surface area contributed by atoms with Gasteiger partial charge in [-0.15, -0.1) is 24.0 Å². The van der Waals surface area contributed by atoms with Crippen LogP contribution < -0.4 is 10.6 Å². The molecule has 2 atom stereocenters. The molecule has 2 N–H and O–H groups in total. The van der Waals surface area contributed by atoms with Gasteiger partial charge in [-0.3, -0.25) is 9.89 Å². The van der Waals surface area contributed by atoms with Gasteiger partial charge in [0.15, 0.2) is 5.96 Å². The number of hydrogen-bond acceptors (Lipinski definition) is 4. The van der Waals surface area contributed by atoms with E-state index in [1.54, 1.807) is 0 Å². The highest BCUT2D eigenvalue weighted by Crippen LogP contribution is 2.21. The number of morpholine rings is 1. The van der Waals surface area contributed by atoms with E-state index >= 15 is 0 Å². The summed E-state index contributed by atoms with van der Waals surface area (Å²) in [4.78, 5) is 6.83. The van der Waals surface area contributed by atoms with Gasteiger partial charge in [0.1, 0.15) is 0 Å². The van der Waals surface area contributed by atoms with Crippen LogP contribution in [0, 0.1) is 5.92 Å². The third kappa shape index (κ3) is 6.17. The molecule has 2 heterocycles. The van der Waals surface area contributed by atoms with E-state index in [4.69, 9.17) is 9.47 Å². The Kier molecular flexibility index (Phi) is 10.3. The summed E-state index contributed by atoms with van der Waals surface area (Å²) < 4.78 is 11.1. The van der Waals surface area contributed by atoms with Crippen molar-refractivity contribution in [2.24, 2.45) is 10.9 Å². The number of hydrogen-bond donors (Lipinski definition) is 2. The van der Waals surface area contributed by atoms with Crippen LogP contribution in [0.25, 0.3) is 0 Å². The maximum absolute atomic E-state index is 5.60. The highest BCUT2D eigenvalue weighted by atomic mass is 127. The molecular formula is C15H31IN4O2. The molecule has 2 fully saturated rings. The third-order valence-corrected chi connectivity index (χ3v) is 4.27. The summed E-state index contributed by atoms with van der Waals surface area (Å²) in [7, 11) is 1.83. The first-order valence-electron chi connectivity index (χ1n) is 8.19. The fraction of sp³-hybridized carbons (Fsp3) is 0.933. The van der Waals surface area contributed by atoms with Crippen LogP contribution in [-0.4, -0.2) is 76.6 Å². The second-order valence-electron chi connectivity index (χ2n) is 5.72. The zero-order valence-corrected chi connectivity index (χ0v) is 16.2. The molecule has 2 aliphatic rings. The molecular weight excluding hydrogens is 395 g/mol. The molecule has 130 valence electrons. The van der Waals surface area contributed by atoms with Gasteiger partial charge in [0, 0.05) is 51.8 Å². The van der Waals surface area contributed by atoms with Crippen molar-refractivity contribution in [3.63, 3.8) is 0 Å². The molecule has 7 heteroatoms. The summed E-state index contributed by atoms with van der Waals surface area (Å²) in [5.74, 6) is 1.51. The number of nitrogens with zero attached hydrogens (tertiary/aromatic N) is 2. The summed E-state index contributed by atoms with van der Waals surface area (Å²) in [5.41, 5.74) is 0. The lowest BCUT2D eigenvalue weighted by atomic mass is 9.97. The number of halogens is 1. The van der Waals surface area contributed by atoms with E-state index < -0.39 is 0 Å². The van der Waals surface area contributed by atoms with Gasteiger partial charge in [0.05, 0.1) is 19.8 Å². The lowest BCUT2D eigenvalue weighted by Crippen LogP contribution is -2.53. The smallest absolute Gasteiger partial charge is 0.191 e. The van der Waals surface area contributed by atoms with Crippen molar-refractivity contribution >= 4 is 29.9 Å². The molecule has 0 saturated carbocycles. The summed E-state index contributed by atoms with van der Waals surface area (Å²) in [6.45, 7) is 9.52. The molecule has 0 aliphatic carbocycles. The van der Waals surface area contributed by atoms with Crippen molar-refractivity contribution in [3.05, 3.63) is 0 Å². The van der Waals surface area contributed by atoms with Gasteiger partial charge in [-0.05, 0) is 12.8 Å². The predicted molar refractivity (Wildman–Crippen MR) is 100 cm³/mol. The van der Waals surface area contributed by atoms with Crippen molar-refractivity contribution < 1.29 is 9.47 Å². The number of nitrogens with one attached hydrogen (secondary N) is 2. The molecule has 0 aromatic rings. The molecule has 2 aliphatic heterocycles. The van der Waals surface area contributed by atoms with Crippen molar-refractivity contribution in [3.8, 4) is 0 Å². The number of aliphatic imine (C=N–C) groups is 1. The average molecular weight is 426 g/mol. The standard InChI is InChI=1S/C15H30N4O2.HI/c1-3-5-17-15(16-2)18-11-14(13-4-8-21-12-13)19-6-9-20-10-7-19;/h13-14H,3-12H2,1-2H3,(H2,16,17,18);1H. The Morgan fingerprint density at radius 2 is 2.00 bits per heavy atom. The summed E-state index contributed by atoms with van der Waals surface area (Å²) >= 11 is 0. The zero-order valence-electron chi connectivity index (χ0n) is 13.8. The third-order valence-electron chi connectivity index (χ3n) is 4.27. The van der Waals surface area contributed by atoms with Crippen LogP contribution in [0.4, 0.5) is 0 Å². The molecule has 0 aromatic heterocycles. The molecule has 2 rings (SSSR count). The minimum atomic E-state index is 0. The van der Waals surface area contributed by atoms with Crippen molar-refractivity contribution in [1.82, 2.24) is 15.5 Å². The number of guanidine groups is 1. The lowest BCUT2D eigenvalue weighted by molar-refractivity contribution is 0.00247. The van der Waals surface area contributed by atoms with Crippen LogP contribution in [0.5, 0.6) is 0 Å². The SMILES string of the molecule is CCCNC(=NC)NCC(C1CCOC1)N1CCOCC1.I. The van der Waals surface area contributed by atoms with E-state index in [1.165, 1.54) is 0 Å². The Labute approximate surface area is 151 Å². The second kappa shape index (κ2) is 11.4. The zero-order chi connectivity index (χ0) is 14.9. The molecule has 2 saturated heterocycles. The number of ether oxygens (including phenoxy) is 2. The van der Waals surface area contributed by atoms with Gasteiger partial charge in [-0.2, -0.15) is 0 Å². The van der Waals surface area contributed by atoms with Gasteiger partial charge in [0.2, 0.25) is 0 Å². The molecule has 0 bridgehead atoms. The van der Waals surface area contributed by atoms with Crippen LogP contribution in [0.1, 0.15) is 19.8 Å². The summed E-state index contributed by atoms with van der Waals surface area (Å²) in [5, 5.41) is 6.81. The maximum Gasteiger partial charge on any atom is 0.191 e. The van der Waals surface area contributed by atoms with Gasteiger partial charge >= 0.3 is 0 Å². The molecule has 22 heavy (non-hydrogen) atoms. The van der Waals surface area contributed by atoms with Gasteiger partial charge in [-0.25, -0.2) is 0 Å². The fourth-order valence-electron chi connectivity index (χ4n) is 3.02. The Hall–Kier alpha value is -0.120. The van der Waals surface area contributed by atoms with E-state index in [1.807, 2.05) is 7.05 Å². The second-order valence-corrected chi connectivity index (χ2v) is 5.72. The monoisotopic (exact) mass is 426 g/mol. The molecule has 0 radical (unpaired) electrons. The highest BCUT2D eigenvalue weighted by molar-refractivity contribution is 14.0. The van der Waals surface area contributed by atoms with Crippen LogP contribution >= 0.6 is 24.0 Å². The predicted octanol–water partition coefficient (Wildman–Crippen LogP) is 0.917. The van der Waals surface area contributed by atoms with Gasteiger partial charge < -0.3 is 20.1 Å². The average Bonchev–Trinajstić information content (AvgIpc) is 3.06. The first kappa shape index (κ1) is 19.9. The highest BCUT2D eigenvalue weighted by Gasteiger charge is 2.31. The summed E-state index contributed by atoms with van der Waals surface area (Å²) in [6.07, 6.45) is 2.26. The minimum absolute atomic E-state index is 0. The first-order chi connectivity index (χ1) is 10.3. The Morgan fingerprint density at radius 3 is 2.59 bits per heavy atom. The van der Waals surface area contributed by atoms with E-state index in [2.05, 4.69) is 27.4 Å². The van der Waals surface area contributed by atoms with Crippen LogP contribution in [0.2, 0.25) is 0 Å². The van der Waals surface area contributed by atoms with Gasteiger partial charge in [-0.1, -0.05) is 6.92 Å². The molecule has 0 spiro atoms.